The van der Waals surface area contributed by atoms with Crippen LogP contribution in [0.2, 0.25) is 0 Å². The number of hydrogen-bond acceptors (Lipinski definition) is 3. The standard InChI is InChI=1S/C15H16FNO2/c1-10(11-3-6-13(18-2)7-4-11)19-15-8-5-12(17)9-14(15)16/h3-10H,17H2,1-2H3. The van der Waals surface area contributed by atoms with Crippen molar-refractivity contribution in [2.45, 2.75) is 13.0 Å². The fourth-order valence-corrected chi connectivity index (χ4v) is 1.75. The molecule has 0 heterocycles. The molecule has 2 rings (SSSR count). The van der Waals surface area contributed by atoms with Gasteiger partial charge in [0.1, 0.15) is 11.9 Å². The maximum Gasteiger partial charge on any atom is 0.167 e. The van der Waals surface area contributed by atoms with E-state index in [0.29, 0.717) is 5.69 Å². The topological polar surface area (TPSA) is 44.5 Å². The first-order chi connectivity index (χ1) is 9.10. The molecule has 2 N–H and O–H groups in total. The van der Waals surface area contributed by atoms with Crippen LogP contribution in [0, 0.1) is 5.82 Å². The summed E-state index contributed by atoms with van der Waals surface area (Å²) in [6, 6.07) is 11.8. The Hall–Kier alpha value is -2.23. The van der Waals surface area contributed by atoms with Crippen molar-refractivity contribution in [2.24, 2.45) is 0 Å². The minimum Gasteiger partial charge on any atom is -0.497 e. The van der Waals surface area contributed by atoms with Crippen LogP contribution < -0.4 is 15.2 Å². The van der Waals surface area contributed by atoms with Crippen molar-refractivity contribution in [1.29, 1.82) is 0 Å². The van der Waals surface area contributed by atoms with Crippen LogP contribution in [-0.4, -0.2) is 7.11 Å². The van der Waals surface area contributed by atoms with Gasteiger partial charge in [0.25, 0.3) is 0 Å². The van der Waals surface area contributed by atoms with Crippen molar-refractivity contribution in [3.63, 3.8) is 0 Å². The molecule has 0 aliphatic heterocycles. The second kappa shape index (κ2) is 5.61. The molecule has 0 fully saturated rings. The van der Waals surface area contributed by atoms with E-state index < -0.39 is 5.82 Å². The Morgan fingerprint density at radius 3 is 2.37 bits per heavy atom. The number of hydrogen-bond donors (Lipinski definition) is 1. The van der Waals surface area contributed by atoms with Gasteiger partial charge in [0.2, 0.25) is 0 Å². The zero-order valence-electron chi connectivity index (χ0n) is 10.9. The predicted octanol–water partition coefficient (Wildman–Crippen LogP) is 3.56. The minimum absolute atomic E-state index is 0.192. The van der Waals surface area contributed by atoms with Crippen LogP contribution in [-0.2, 0) is 0 Å². The van der Waals surface area contributed by atoms with Crippen LogP contribution in [0.25, 0.3) is 0 Å². The molecule has 1 unspecified atom stereocenters. The highest BCUT2D eigenvalue weighted by Crippen LogP contribution is 2.26. The lowest BCUT2D eigenvalue weighted by molar-refractivity contribution is 0.216. The number of anilines is 1. The van der Waals surface area contributed by atoms with E-state index in [1.54, 1.807) is 13.2 Å². The van der Waals surface area contributed by atoms with Gasteiger partial charge in [-0.05, 0) is 36.8 Å². The molecular formula is C15H16FNO2. The molecule has 3 nitrogen and oxygen atoms in total. The molecule has 1 atom stereocenters. The Morgan fingerprint density at radius 1 is 1.11 bits per heavy atom. The SMILES string of the molecule is COc1ccc(C(C)Oc2ccc(N)cc2F)cc1. The highest BCUT2D eigenvalue weighted by molar-refractivity contribution is 5.43. The van der Waals surface area contributed by atoms with E-state index in [2.05, 4.69) is 0 Å². The first kappa shape index (κ1) is 13.2. The summed E-state index contributed by atoms with van der Waals surface area (Å²) in [5.41, 5.74) is 6.81. The largest absolute Gasteiger partial charge is 0.497 e. The number of benzene rings is 2. The number of nitrogens with two attached hydrogens (primary N) is 1. The fraction of sp³-hybridized carbons (Fsp3) is 0.200. The van der Waals surface area contributed by atoms with Gasteiger partial charge >= 0.3 is 0 Å². The van der Waals surface area contributed by atoms with Gasteiger partial charge in [0.05, 0.1) is 7.11 Å². The van der Waals surface area contributed by atoms with Crippen LogP contribution in [0.15, 0.2) is 42.5 Å². The lowest BCUT2D eigenvalue weighted by Gasteiger charge is -2.16. The van der Waals surface area contributed by atoms with Crippen LogP contribution in [0.5, 0.6) is 11.5 Å². The molecule has 0 radical (unpaired) electrons. The quantitative estimate of drug-likeness (QED) is 0.856. The number of ether oxygens (including phenoxy) is 2. The van der Waals surface area contributed by atoms with Gasteiger partial charge in [-0.1, -0.05) is 12.1 Å². The van der Waals surface area contributed by atoms with Gasteiger partial charge in [0.15, 0.2) is 11.6 Å². The summed E-state index contributed by atoms with van der Waals surface area (Å²) in [5.74, 6) is 0.507. The van der Waals surface area contributed by atoms with Crippen molar-refractivity contribution in [1.82, 2.24) is 0 Å². The van der Waals surface area contributed by atoms with Gasteiger partial charge in [-0.15, -0.1) is 0 Å². The normalized spacial score (nSPS) is 11.9. The molecule has 0 spiro atoms. The van der Waals surface area contributed by atoms with Crippen LogP contribution in [0.4, 0.5) is 10.1 Å². The second-order valence-electron chi connectivity index (χ2n) is 4.22. The Balaban J connectivity index is 2.13. The van der Waals surface area contributed by atoms with Crippen molar-refractivity contribution in [3.8, 4) is 11.5 Å². The van der Waals surface area contributed by atoms with Gasteiger partial charge in [-0.25, -0.2) is 4.39 Å². The average molecular weight is 261 g/mol. The molecule has 0 aliphatic carbocycles. The third-order valence-electron chi connectivity index (χ3n) is 2.84. The summed E-state index contributed by atoms with van der Waals surface area (Å²) < 4.78 is 24.3. The lowest BCUT2D eigenvalue weighted by atomic mass is 10.1. The average Bonchev–Trinajstić information content (AvgIpc) is 2.42. The lowest BCUT2D eigenvalue weighted by Crippen LogP contribution is -2.04. The first-order valence-electron chi connectivity index (χ1n) is 5.96. The molecule has 0 saturated heterocycles. The maximum atomic E-state index is 13.6. The highest BCUT2D eigenvalue weighted by Gasteiger charge is 2.11. The third-order valence-corrected chi connectivity index (χ3v) is 2.84. The highest BCUT2D eigenvalue weighted by atomic mass is 19.1. The van der Waals surface area contributed by atoms with E-state index in [1.165, 1.54) is 12.1 Å². The third kappa shape index (κ3) is 3.16. The molecule has 100 valence electrons. The zero-order chi connectivity index (χ0) is 13.8. The summed E-state index contributed by atoms with van der Waals surface area (Å²) in [5, 5.41) is 0. The zero-order valence-corrected chi connectivity index (χ0v) is 10.9. The van der Waals surface area contributed by atoms with Crippen LogP contribution >= 0.6 is 0 Å². The van der Waals surface area contributed by atoms with Gasteiger partial charge in [-0.2, -0.15) is 0 Å². The molecule has 0 bridgehead atoms. The van der Waals surface area contributed by atoms with Gasteiger partial charge in [-0.3, -0.25) is 0 Å². The van der Waals surface area contributed by atoms with Crippen molar-refractivity contribution in [2.75, 3.05) is 12.8 Å². The summed E-state index contributed by atoms with van der Waals surface area (Å²) in [4.78, 5) is 0. The summed E-state index contributed by atoms with van der Waals surface area (Å²) >= 11 is 0. The van der Waals surface area contributed by atoms with Crippen LogP contribution in [0.1, 0.15) is 18.6 Å². The van der Waals surface area contributed by atoms with E-state index in [0.717, 1.165) is 11.3 Å². The van der Waals surface area contributed by atoms with E-state index >= 15 is 0 Å². The first-order valence-corrected chi connectivity index (χ1v) is 5.96. The Morgan fingerprint density at radius 2 is 1.79 bits per heavy atom. The van der Waals surface area contributed by atoms with Crippen LogP contribution in [0.3, 0.4) is 0 Å². The summed E-state index contributed by atoms with van der Waals surface area (Å²) in [6.07, 6.45) is -0.260. The van der Waals surface area contributed by atoms with E-state index in [-0.39, 0.29) is 11.9 Å². The molecule has 2 aromatic carbocycles. The maximum absolute atomic E-state index is 13.6. The van der Waals surface area contributed by atoms with Gasteiger partial charge in [0, 0.05) is 11.8 Å². The van der Waals surface area contributed by atoms with Crippen molar-refractivity contribution >= 4 is 5.69 Å². The fourth-order valence-electron chi connectivity index (χ4n) is 1.75. The summed E-state index contributed by atoms with van der Waals surface area (Å²) in [6.45, 7) is 1.86. The second-order valence-corrected chi connectivity index (χ2v) is 4.22. The summed E-state index contributed by atoms with van der Waals surface area (Å²) in [7, 11) is 1.61. The number of nitrogen functional groups attached to an aromatic ring is 1. The molecule has 4 heteroatoms. The van der Waals surface area contributed by atoms with Crippen molar-refractivity contribution < 1.29 is 13.9 Å². The number of rotatable bonds is 4. The number of halogens is 1. The Kier molecular flexibility index (Phi) is 3.90. The molecule has 2 aromatic rings. The van der Waals surface area contributed by atoms with Crippen molar-refractivity contribution in [3.05, 3.63) is 53.8 Å². The van der Waals surface area contributed by atoms with E-state index in [9.17, 15) is 4.39 Å². The molecule has 0 aromatic heterocycles. The Labute approximate surface area is 111 Å². The predicted molar refractivity (Wildman–Crippen MR) is 72.8 cm³/mol. The Bertz CT molecular complexity index is 555. The monoisotopic (exact) mass is 261 g/mol. The van der Waals surface area contributed by atoms with E-state index in [4.69, 9.17) is 15.2 Å². The molecular weight excluding hydrogens is 245 g/mol. The van der Waals surface area contributed by atoms with Gasteiger partial charge < -0.3 is 15.2 Å². The molecule has 0 saturated carbocycles. The smallest absolute Gasteiger partial charge is 0.167 e. The molecule has 19 heavy (non-hydrogen) atoms. The minimum atomic E-state index is -0.458. The van der Waals surface area contributed by atoms with E-state index in [1.807, 2.05) is 31.2 Å². The number of methoxy groups -OCH3 is 1. The molecule has 0 aliphatic rings. The molecule has 0 amide bonds.